The van der Waals surface area contributed by atoms with Crippen LogP contribution in [0.2, 0.25) is 0 Å². The van der Waals surface area contributed by atoms with E-state index in [1.165, 1.54) is 17.2 Å². The van der Waals surface area contributed by atoms with Gasteiger partial charge in [-0.1, -0.05) is 6.07 Å². The number of likely N-dealkylation sites (tertiary alicyclic amines) is 1. The smallest absolute Gasteiger partial charge is 0.253 e. The van der Waals surface area contributed by atoms with Gasteiger partial charge in [-0.05, 0) is 25.0 Å². The predicted molar refractivity (Wildman–Crippen MR) is 101 cm³/mol. The normalized spacial score (nSPS) is 17.0. The maximum Gasteiger partial charge on any atom is 0.253 e. The number of carbonyl (C=O) groups is 2. The quantitative estimate of drug-likeness (QED) is 0.729. The molecule has 3 aromatic rings. The van der Waals surface area contributed by atoms with Gasteiger partial charge >= 0.3 is 0 Å². The Morgan fingerprint density at radius 3 is 2.90 bits per heavy atom. The number of imidazole rings is 1. The number of aromatic nitrogens is 3. The number of hydrogen-bond acceptors (Lipinski definition) is 4. The second-order valence-electron chi connectivity index (χ2n) is 7.09. The molecule has 0 unspecified atom stereocenters. The maximum absolute atomic E-state index is 13.9. The van der Waals surface area contributed by atoms with Crippen molar-refractivity contribution >= 4 is 23.0 Å². The van der Waals surface area contributed by atoms with Gasteiger partial charge in [0.25, 0.3) is 5.91 Å². The molecule has 2 amide bonds. The Balaban J connectivity index is 1.46. The van der Waals surface area contributed by atoms with Crippen LogP contribution in [0.25, 0.3) is 11.2 Å². The molecule has 0 bridgehead atoms. The first-order valence-corrected chi connectivity index (χ1v) is 9.23. The first kappa shape index (κ1) is 19.0. The fraction of sp³-hybridized carbons (Fsp3) is 0.300. The lowest BCUT2D eigenvalue weighted by atomic mass is 10.0. The summed E-state index contributed by atoms with van der Waals surface area (Å²) in [6, 6.07) is 4.19. The van der Waals surface area contributed by atoms with Gasteiger partial charge in [-0.25, -0.2) is 18.7 Å². The number of pyridine rings is 1. The molecule has 3 heterocycles. The summed E-state index contributed by atoms with van der Waals surface area (Å²) in [4.78, 5) is 35.3. The molecule has 0 radical (unpaired) electrons. The van der Waals surface area contributed by atoms with Crippen molar-refractivity contribution in [1.29, 1.82) is 0 Å². The molecule has 0 saturated carbocycles. The first-order valence-electron chi connectivity index (χ1n) is 9.23. The molecule has 1 atom stereocenters. The molecule has 1 aromatic carbocycles. The largest absolute Gasteiger partial charge is 0.340 e. The van der Waals surface area contributed by atoms with Crippen LogP contribution in [0.4, 0.5) is 8.78 Å². The van der Waals surface area contributed by atoms with Crippen LogP contribution in [-0.2, 0) is 18.4 Å². The van der Waals surface area contributed by atoms with Crippen molar-refractivity contribution in [2.45, 2.75) is 25.4 Å². The van der Waals surface area contributed by atoms with E-state index in [-0.39, 0.29) is 18.0 Å². The minimum atomic E-state index is -0.709. The van der Waals surface area contributed by atoms with E-state index in [0.29, 0.717) is 36.1 Å². The van der Waals surface area contributed by atoms with Gasteiger partial charge < -0.3 is 14.8 Å². The number of amides is 2. The van der Waals surface area contributed by atoms with Gasteiger partial charge in [0.1, 0.15) is 23.2 Å². The van der Waals surface area contributed by atoms with Gasteiger partial charge in [0, 0.05) is 38.0 Å². The summed E-state index contributed by atoms with van der Waals surface area (Å²) >= 11 is 0. The van der Waals surface area contributed by atoms with Crippen LogP contribution in [0.5, 0.6) is 0 Å². The minimum Gasteiger partial charge on any atom is -0.340 e. The number of carbonyl (C=O) groups excluding carboxylic acids is 2. The monoisotopic (exact) mass is 399 g/mol. The SMILES string of the molecule is Cn1cnc2cc(C(=O)N[C@@H]3CCCN(Cc4ccc(F)cc4F)C3=O)cnc21. The summed E-state index contributed by atoms with van der Waals surface area (Å²) in [5.41, 5.74) is 1.79. The highest BCUT2D eigenvalue weighted by molar-refractivity contribution is 5.99. The maximum atomic E-state index is 13.9. The van der Waals surface area contributed by atoms with Gasteiger partial charge in [-0.3, -0.25) is 9.59 Å². The van der Waals surface area contributed by atoms with Crippen LogP contribution in [0.3, 0.4) is 0 Å². The molecule has 4 rings (SSSR count). The van der Waals surface area contributed by atoms with Gasteiger partial charge in [0.15, 0.2) is 5.65 Å². The first-order chi connectivity index (χ1) is 13.9. The van der Waals surface area contributed by atoms with Crippen LogP contribution < -0.4 is 5.32 Å². The summed E-state index contributed by atoms with van der Waals surface area (Å²) in [6.07, 6.45) is 4.21. The third-order valence-electron chi connectivity index (χ3n) is 5.03. The Morgan fingerprint density at radius 1 is 1.28 bits per heavy atom. The fourth-order valence-electron chi connectivity index (χ4n) is 3.47. The van der Waals surface area contributed by atoms with Crippen molar-refractivity contribution in [2.24, 2.45) is 7.05 Å². The third kappa shape index (κ3) is 3.80. The number of piperidine rings is 1. The Bertz CT molecular complexity index is 1100. The highest BCUT2D eigenvalue weighted by Gasteiger charge is 2.30. The molecule has 9 heteroatoms. The molecule has 1 aliphatic rings. The molecule has 0 aliphatic carbocycles. The molecule has 1 fully saturated rings. The number of halogens is 2. The Labute approximate surface area is 165 Å². The zero-order valence-corrected chi connectivity index (χ0v) is 15.7. The molecule has 1 saturated heterocycles. The van der Waals surface area contributed by atoms with Crippen molar-refractivity contribution in [2.75, 3.05) is 6.54 Å². The molecule has 2 aromatic heterocycles. The van der Waals surface area contributed by atoms with E-state index in [1.807, 2.05) is 0 Å². The second-order valence-corrected chi connectivity index (χ2v) is 7.09. The number of aryl methyl sites for hydroxylation is 1. The summed E-state index contributed by atoms with van der Waals surface area (Å²) in [5, 5.41) is 2.74. The molecular formula is C20H19F2N5O2. The zero-order chi connectivity index (χ0) is 20.5. The van der Waals surface area contributed by atoms with Crippen molar-refractivity contribution < 1.29 is 18.4 Å². The summed E-state index contributed by atoms with van der Waals surface area (Å²) in [6.45, 7) is 0.474. The second kappa shape index (κ2) is 7.57. The van der Waals surface area contributed by atoms with Crippen molar-refractivity contribution in [3.05, 3.63) is 59.6 Å². The standard InChI is InChI=1S/C20H19F2N5O2/c1-26-11-24-17-7-13(9-23-18(17)26)19(28)25-16-3-2-6-27(20(16)29)10-12-4-5-14(21)8-15(12)22/h4-5,7-9,11,16H,2-3,6,10H2,1H3,(H,25,28)/t16-/m1/s1. The average Bonchev–Trinajstić information content (AvgIpc) is 3.07. The Hall–Kier alpha value is -3.36. The topological polar surface area (TPSA) is 80.1 Å². The van der Waals surface area contributed by atoms with E-state index in [0.717, 1.165) is 12.1 Å². The summed E-state index contributed by atoms with van der Waals surface area (Å²) < 4.78 is 28.8. The zero-order valence-electron chi connectivity index (χ0n) is 15.7. The van der Waals surface area contributed by atoms with Crippen LogP contribution in [0.1, 0.15) is 28.8 Å². The summed E-state index contributed by atoms with van der Waals surface area (Å²) in [5.74, 6) is -2.07. The van der Waals surface area contributed by atoms with E-state index in [9.17, 15) is 18.4 Å². The summed E-state index contributed by atoms with van der Waals surface area (Å²) in [7, 11) is 1.81. The lowest BCUT2D eigenvalue weighted by molar-refractivity contribution is -0.136. The molecule has 0 spiro atoms. The Kier molecular flexibility index (Phi) is 4.96. The molecule has 1 aliphatic heterocycles. The van der Waals surface area contributed by atoms with E-state index >= 15 is 0 Å². The van der Waals surface area contributed by atoms with E-state index < -0.39 is 23.6 Å². The highest BCUT2D eigenvalue weighted by Crippen LogP contribution is 2.18. The molecular weight excluding hydrogens is 380 g/mol. The van der Waals surface area contributed by atoms with Gasteiger partial charge in [-0.2, -0.15) is 0 Å². The number of benzene rings is 1. The van der Waals surface area contributed by atoms with Crippen molar-refractivity contribution in [3.63, 3.8) is 0 Å². The number of nitrogens with zero attached hydrogens (tertiary/aromatic N) is 4. The Morgan fingerprint density at radius 2 is 2.10 bits per heavy atom. The van der Waals surface area contributed by atoms with Gasteiger partial charge in [-0.15, -0.1) is 0 Å². The van der Waals surface area contributed by atoms with E-state index in [4.69, 9.17) is 0 Å². The van der Waals surface area contributed by atoms with E-state index in [1.54, 1.807) is 24.0 Å². The number of nitrogens with one attached hydrogen (secondary N) is 1. The van der Waals surface area contributed by atoms with Crippen molar-refractivity contribution in [3.8, 4) is 0 Å². The third-order valence-corrected chi connectivity index (χ3v) is 5.03. The van der Waals surface area contributed by atoms with Crippen LogP contribution in [0.15, 0.2) is 36.8 Å². The van der Waals surface area contributed by atoms with Crippen LogP contribution >= 0.6 is 0 Å². The highest BCUT2D eigenvalue weighted by atomic mass is 19.1. The van der Waals surface area contributed by atoms with Crippen LogP contribution in [0, 0.1) is 11.6 Å². The lowest BCUT2D eigenvalue weighted by Crippen LogP contribution is -2.52. The molecule has 29 heavy (non-hydrogen) atoms. The van der Waals surface area contributed by atoms with Crippen LogP contribution in [-0.4, -0.2) is 43.8 Å². The predicted octanol–water partition coefficient (Wildman–Crippen LogP) is 2.17. The number of fused-ring (bicyclic) bond motifs is 1. The van der Waals surface area contributed by atoms with Crippen molar-refractivity contribution in [1.82, 2.24) is 24.8 Å². The number of rotatable bonds is 4. The number of hydrogen-bond donors (Lipinski definition) is 1. The minimum absolute atomic E-state index is 0.0266. The van der Waals surface area contributed by atoms with E-state index in [2.05, 4.69) is 15.3 Å². The molecule has 1 N–H and O–H groups in total. The fourth-order valence-corrected chi connectivity index (χ4v) is 3.47. The molecule has 7 nitrogen and oxygen atoms in total. The van der Waals surface area contributed by atoms with Gasteiger partial charge in [0.2, 0.25) is 5.91 Å². The average molecular weight is 399 g/mol. The lowest BCUT2D eigenvalue weighted by Gasteiger charge is -2.32. The van der Waals surface area contributed by atoms with Gasteiger partial charge in [0.05, 0.1) is 11.9 Å². The molecule has 150 valence electrons.